The number of halogens is 1. The highest BCUT2D eigenvalue weighted by Crippen LogP contribution is 2.41. The smallest absolute Gasteiger partial charge is 0.323 e. The summed E-state index contributed by atoms with van der Waals surface area (Å²) in [4.78, 5) is 16.8. The lowest BCUT2D eigenvalue weighted by atomic mass is 9.72. The highest BCUT2D eigenvalue weighted by atomic mass is 35.5. The van der Waals surface area contributed by atoms with E-state index in [1.165, 1.54) is 5.56 Å². The first-order valence-corrected chi connectivity index (χ1v) is 11.7. The zero-order valence-corrected chi connectivity index (χ0v) is 19.4. The number of piperidine rings is 1. The van der Waals surface area contributed by atoms with Gasteiger partial charge >= 0.3 is 6.03 Å². The van der Waals surface area contributed by atoms with Crippen molar-refractivity contribution in [1.82, 2.24) is 20.0 Å². The average Bonchev–Trinajstić information content (AvgIpc) is 3.19. The Morgan fingerprint density at radius 1 is 1.12 bits per heavy atom. The predicted octanol–water partition coefficient (Wildman–Crippen LogP) is 5.29. The lowest BCUT2D eigenvalue weighted by molar-refractivity contribution is -0.0200. The first-order valence-electron chi connectivity index (χ1n) is 11.3. The van der Waals surface area contributed by atoms with Crippen LogP contribution in [-0.4, -0.2) is 52.2 Å². The highest BCUT2D eigenvalue weighted by Gasteiger charge is 2.46. The van der Waals surface area contributed by atoms with Gasteiger partial charge in [-0.15, -0.1) is 0 Å². The van der Waals surface area contributed by atoms with E-state index in [2.05, 4.69) is 32.5 Å². The molecular weight excluding hydrogens is 438 g/mol. The third-order valence-electron chi connectivity index (χ3n) is 6.55. The molecule has 0 atom stereocenters. The maximum absolute atomic E-state index is 12.4. The van der Waals surface area contributed by atoms with Crippen molar-refractivity contribution >= 4 is 23.4 Å². The van der Waals surface area contributed by atoms with Crippen LogP contribution in [0.4, 0.5) is 10.6 Å². The van der Waals surface area contributed by atoms with Gasteiger partial charge in [0, 0.05) is 41.8 Å². The van der Waals surface area contributed by atoms with Gasteiger partial charge in [-0.25, -0.2) is 4.79 Å². The van der Waals surface area contributed by atoms with Crippen molar-refractivity contribution < 1.29 is 9.53 Å². The van der Waals surface area contributed by atoms with Gasteiger partial charge in [-0.1, -0.05) is 23.7 Å². The van der Waals surface area contributed by atoms with E-state index in [-0.39, 0.29) is 11.4 Å². The molecule has 2 aromatic carbocycles. The number of aromatic nitrogens is 2. The Bertz CT molecular complexity index is 1110. The normalized spacial score (nSPS) is 17.6. The second-order valence-electron chi connectivity index (χ2n) is 9.20. The van der Waals surface area contributed by atoms with Gasteiger partial charge in [0.05, 0.1) is 0 Å². The van der Waals surface area contributed by atoms with Gasteiger partial charge in [0.15, 0.2) is 5.82 Å². The molecule has 1 aromatic heterocycles. The first-order chi connectivity index (χ1) is 16.0. The molecule has 33 heavy (non-hydrogen) atoms. The maximum Gasteiger partial charge on any atom is 0.323 e. The molecule has 0 aliphatic carbocycles. The van der Waals surface area contributed by atoms with Crippen LogP contribution in [0.1, 0.15) is 24.1 Å². The van der Waals surface area contributed by atoms with Gasteiger partial charge in [0.2, 0.25) is 0 Å². The Kier molecular flexibility index (Phi) is 6.00. The second-order valence-corrected chi connectivity index (χ2v) is 9.64. The summed E-state index contributed by atoms with van der Waals surface area (Å²) in [5.74, 6) is 2.18. The van der Waals surface area contributed by atoms with Crippen molar-refractivity contribution in [3.63, 3.8) is 0 Å². The van der Waals surface area contributed by atoms with Crippen LogP contribution in [0, 0.1) is 12.3 Å². The molecule has 5 rings (SSSR count). The van der Waals surface area contributed by atoms with Crippen LogP contribution in [0.3, 0.4) is 0 Å². The van der Waals surface area contributed by atoms with E-state index in [0.717, 1.165) is 62.8 Å². The summed E-state index contributed by atoms with van der Waals surface area (Å²) in [6.07, 6.45) is 2.22. The largest absolute Gasteiger partial charge is 0.457 e. The molecule has 2 aliphatic rings. The summed E-state index contributed by atoms with van der Waals surface area (Å²) < 4.78 is 5.97. The standard InChI is InChI=1S/C25H28ClN5O2/c1-18-13-23(29-28-18)27-24(32)31-16-25(17-31)9-11-30(12-10-25)15-19-3-2-4-22(14-19)33-21-7-5-20(26)6-8-21/h2-8,13-14H,9-12,15-17H2,1H3,(H2,27,28,29,32). The molecule has 0 bridgehead atoms. The Morgan fingerprint density at radius 3 is 2.58 bits per heavy atom. The lowest BCUT2D eigenvalue weighted by Crippen LogP contribution is -2.62. The topological polar surface area (TPSA) is 73.5 Å². The van der Waals surface area contributed by atoms with E-state index in [0.29, 0.717) is 10.8 Å². The van der Waals surface area contributed by atoms with Crippen LogP contribution in [0.5, 0.6) is 11.5 Å². The van der Waals surface area contributed by atoms with E-state index in [9.17, 15) is 4.79 Å². The second kappa shape index (κ2) is 9.08. The number of amides is 2. The predicted molar refractivity (Wildman–Crippen MR) is 129 cm³/mol. The molecule has 8 heteroatoms. The minimum absolute atomic E-state index is 0.0629. The van der Waals surface area contributed by atoms with Gasteiger partial charge in [-0.05, 0) is 74.8 Å². The van der Waals surface area contributed by atoms with Crippen molar-refractivity contribution in [2.75, 3.05) is 31.5 Å². The summed E-state index contributed by atoms with van der Waals surface area (Å²) >= 11 is 5.95. The number of rotatable bonds is 5. The molecule has 2 saturated heterocycles. The van der Waals surface area contributed by atoms with Crippen LogP contribution in [-0.2, 0) is 6.54 Å². The fourth-order valence-electron chi connectivity index (χ4n) is 4.68. The number of nitrogens with one attached hydrogen (secondary N) is 2. The van der Waals surface area contributed by atoms with Gasteiger partial charge in [-0.3, -0.25) is 15.3 Å². The highest BCUT2D eigenvalue weighted by molar-refractivity contribution is 6.30. The third-order valence-corrected chi connectivity index (χ3v) is 6.80. The molecule has 2 fully saturated rings. The van der Waals surface area contributed by atoms with Crippen molar-refractivity contribution in [3.8, 4) is 11.5 Å². The molecule has 172 valence electrons. The summed E-state index contributed by atoms with van der Waals surface area (Å²) in [6.45, 7) is 6.53. The Hall–Kier alpha value is -3.03. The maximum atomic E-state index is 12.4. The lowest BCUT2D eigenvalue weighted by Gasteiger charge is -2.53. The number of hydrogen-bond donors (Lipinski definition) is 2. The zero-order chi connectivity index (χ0) is 22.8. The monoisotopic (exact) mass is 465 g/mol. The number of aryl methyl sites for hydroxylation is 1. The van der Waals surface area contributed by atoms with Gasteiger partial charge in [0.25, 0.3) is 0 Å². The van der Waals surface area contributed by atoms with Crippen LogP contribution < -0.4 is 10.1 Å². The number of ether oxygens (including phenoxy) is 1. The molecule has 7 nitrogen and oxygen atoms in total. The first kappa shape index (κ1) is 21.8. The molecule has 2 aliphatic heterocycles. The van der Waals surface area contributed by atoms with E-state index < -0.39 is 0 Å². The van der Waals surface area contributed by atoms with Crippen molar-refractivity contribution in [1.29, 1.82) is 0 Å². The summed E-state index contributed by atoms with van der Waals surface area (Å²) in [7, 11) is 0. The Balaban J connectivity index is 1.10. The molecule has 2 N–H and O–H groups in total. The number of anilines is 1. The molecule has 0 saturated carbocycles. The summed E-state index contributed by atoms with van der Waals surface area (Å²) in [5.41, 5.74) is 2.43. The zero-order valence-electron chi connectivity index (χ0n) is 18.7. The minimum Gasteiger partial charge on any atom is -0.457 e. The Morgan fingerprint density at radius 2 is 1.88 bits per heavy atom. The number of aromatic amines is 1. The molecule has 0 unspecified atom stereocenters. The van der Waals surface area contributed by atoms with E-state index in [4.69, 9.17) is 16.3 Å². The van der Waals surface area contributed by atoms with Crippen LogP contribution in [0.15, 0.2) is 54.6 Å². The number of benzene rings is 2. The number of H-pyrrole nitrogens is 1. The minimum atomic E-state index is -0.0629. The van der Waals surface area contributed by atoms with Gasteiger partial charge in [-0.2, -0.15) is 5.10 Å². The molecule has 1 spiro atoms. The van der Waals surface area contributed by atoms with E-state index in [1.807, 2.05) is 54.3 Å². The van der Waals surface area contributed by atoms with Crippen molar-refractivity contribution in [3.05, 3.63) is 70.9 Å². The van der Waals surface area contributed by atoms with Gasteiger partial charge in [0.1, 0.15) is 11.5 Å². The summed E-state index contributed by atoms with van der Waals surface area (Å²) in [5, 5.41) is 10.5. The Labute approximate surface area is 198 Å². The molecule has 2 amide bonds. The van der Waals surface area contributed by atoms with Crippen LogP contribution in [0.25, 0.3) is 0 Å². The SMILES string of the molecule is Cc1cc(NC(=O)N2CC3(CCN(Cc4cccc(Oc5ccc(Cl)cc5)c4)CC3)C2)n[nH]1. The van der Waals surface area contributed by atoms with Crippen molar-refractivity contribution in [2.45, 2.75) is 26.3 Å². The molecule has 3 heterocycles. The van der Waals surface area contributed by atoms with Crippen LogP contribution >= 0.6 is 11.6 Å². The van der Waals surface area contributed by atoms with E-state index in [1.54, 1.807) is 0 Å². The third kappa shape index (κ3) is 5.15. The number of hydrogen-bond acceptors (Lipinski definition) is 4. The van der Waals surface area contributed by atoms with Crippen LogP contribution in [0.2, 0.25) is 5.02 Å². The summed E-state index contributed by atoms with van der Waals surface area (Å²) in [6, 6.07) is 17.4. The quantitative estimate of drug-likeness (QED) is 0.536. The fraction of sp³-hybridized carbons (Fsp3) is 0.360. The van der Waals surface area contributed by atoms with Crippen molar-refractivity contribution in [2.24, 2.45) is 5.41 Å². The fourth-order valence-corrected chi connectivity index (χ4v) is 4.81. The average molecular weight is 466 g/mol. The number of carbonyl (C=O) groups is 1. The number of nitrogens with zero attached hydrogens (tertiary/aromatic N) is 3. The van der Waals surface area contributed by atoms with Gasteiger partial charge < -0.3 is 9.64 Å². The number of carbonyl (C=O) groups excluding carboxylic acids is 1. The molecule has 3 aromatic rings. The number of likely N-dealkylation sites (tertiary alicyclic amines) is 2. The van der Waals surface area contributed by atoms with E-state index >= 15 is 0 Å². The number of urea groups is 1. The molecule has 0 radical (unpaired) electrons. The molecular formula is C25H28ClN5O2.